The highest BCUT2D eigenvalue weighted by Gasteiger charge is 2.34. The van der Waals surface area contributed by atoms with Gasteiger partial charge in [0.1, 0.15) is 0 Å². The van der Waals surface area contributed by atoms with Gasteiger partial charge in [-0.15, -0.1) is 0 Å². The number of aryl methyl sites for hydroxylation is 1. The molecule has 1 fully saturated rings. The zero-order chi connectivity index (χ0) is 22.0. The van der Waals surface area contributed by atoms with E-state index in [2.05, 4.69) is 34.5 Å². The van der Waals surface area contributed by atoms with Crippen LogP contribution in [-0.2, 0) is 4.79 Å². The zero-order valence-electron chi connectivity index (χ0n) is 16.8. The largest absolute Gasteiger partial charge is 0.478 e. The van der Waals surface area contributed by atoms with E-state index in [0.717, 1.165) is 33.1 Å². The van der Waals surface area contributed by atoms with Gasteiger partial charge in [-0.05, 0) is 102 Å². The Balaban J connectivity index is 1.91. The molecule has 0 bridgehead atoms. The molecule has 0 heterocycles. The molecule has 1 aliphatic carbocycles. The number of carboxylic acids is 1. The van der Waals surface area contributed by atoms with E-state index in [1.165, 1.54) is 0 Å². The van der Waals surface area contributed by atoms with Gasteiger partial charge in [0.05, 0.1) is 16.6 Å². The molecule has 30 heavy (non-hydrogen) atoms. The minimum Gasteiger partial charge on any atom is -0.478 e. The maximum absolute atomic E-state index is 13.2. The molecule has 2 N–H and O–H groups in total. The van der Waals surface area contributed by atoms with Gasteiger partial charge in [-0.3, -0.25) is 4.79 Å². The van der Waals surface area contributed by atoms with Gasteiger partial charge in [0, 0.05) is 9.14 Å². The summed E-state index contributed by atoms with van der Waals surface area (Å²) in [6.45, 7) is 7.79. The minimum absolute atomic E-state index is 0.164. The van der Waals surface area contributed by atoms with Gasteiger partial charge in [0.2, 0.25) is 0 Å². The van der Waals surface area contributed by atoms with E-state index < -0.39 is 5.97 Å². The standard InChI is InChI=1S/C24H23ClINO3/c1-13(2)18(12-19-14(3)4-11-20(25)21(19)26)23(28)27-22(15-5-6-15)16-7-9-17(10-8-16)24(29)30/h4,7-12,15,22H,1,5-6H2,2-3H3,(H,27,28)(H,29,30)/b18-12+. The Labute approximate surface area is 195 Å². The third-order valence-electron chi connectivity index (χ3n) is 5.24. The molecule has 2 aromatic rings. The lowest BCUT2D eigenvalue weighted by Gasteiger charge is -2.20. The fourth-order valence-corrected chi connectivity index (χ4v) is 4.25. The summed E-state index contributed by atoms with van der Waals surface area (Å²) >= 11 is 8.46. The zero-order valence-corrected chi connectivity index (χ0v) is 19.8. The fraction of sp³-hybridized carbons (Fsp3) is 0.250. The molecule has 4 nitrogen and oxygen atoms in total. The number of hydrogen-bond donors (Lipinski definition) is 2. The number of halogens is 2. The molecule has 0 spiro atoms. The van der Waals surface area contributed by atoms with Crippen LogP contribution in [0.5, 0.6) is 0 Å². The molecule has 0 aromatic heterocycles. The lowest BCUT2D eigenvalue weighted by molar-refractivity contribution is -0.118. The molecule has 1 unspecified atom stereocenters. The summed E-state index contributed by atoms with van der Waals surface area (Å²) in [4.78, 5) is 24.3. The third-order valence-corrected chi connectivity index (χ3v) is 7.04. The van der Waals surface area contributed by atoms with Crippen LogP contribution in [0.4, 0.5) is 0 Å². The second kappa shape index (κ2) is 9.35. The summed E-state index contributed by atoms with van der Waals surface area (Å²) in [6, 6.07) is 10.3. The van der Waals surface area contributed by atoms with Crippen LogP contribution >= 0.6 is 34.2 Å². The number of amides is 1. The van der Waals surface area contributed by atoms with Gasteiger partial charge in [-0.2, -0.15) is 0 Å². The number of carbonyl (C=O) groups excluding carboxylic acids is 1. The molecule has 2 aromatic carbocycles. The number of carbonyl (C=O) groups is 2. The van der Waals surface area contributed by atoms with Crippen molar-refractivity contribution in [2.45, 2.75) is 32.7 Å². The molecular weight excluding hydrogens is 513 g/mol. The van der Waals surface area contributed by atoms with Crippen LogP contribution in [0.2, 0.25) is 5.02 Å². The first-order valence-electron chi connectivity index (χ1n) is 9.65. The summed E-state index contributed by atoms with van der Waals surface area (Å²) in [5.74, 6) is -0.812. The molecule has 6 heteroatoms. The van der Waals surface area contributed by atoms with E-state index in [9.17, 15) is 9.59 Å². The van der Waals surface area contributed by atoms with Gasteiger partial charge < -0.3 is 10.4 Å². The number of rotatable bonds is 7. The number of benzene rings is 2. The number of carboxylic acid groups (broad SMARTS) is 1. The Bertz CT molecular complexity index is 1040. The maximum Gasteiger partial charge on any atom is 0.335 e. The van der Waals surface area contributed by atoms with Crippen LogP contribution in [0.1, 0.15) is 52.9 Å². The Hall–Kier alpha value is -2.12. The highest BCUT2D eigenvalue weighted by atomic mass is 127. The summed E-state index contributed by atoms with van der Waals surface area (Å²) < 4.78 is 0.892. The smallest absolute Gasteiger partial charge is 0.335 e. The summed E-state index contributed by atoms with van der Waals surface area (Å²) in [5.41, 5.74) is 4.24. The van der Waals surface area contributed by atoms with Crippen LogP contribution in [0.3, 0.4) is 0 Å². The van der Waals surface area contributed by atoms with E-state index in [-0.39, 0.29) is 17.5 Å². The van der Waals surface area contributed by atoms with Gasteiger partial charge in [-0.25, -0.2) is 4.79 Å². The maximum atomic E-state index is 13.2. The Morgan fingerprint density at radius 2 is 1.87 bits per heavy atom. The summed E-state index contributed by atoms with van der Waals surface area (Å²) in [7, 11) is 0. The third kappa shape index (κ3) is 5.13. The molecule has 1 saturated carbocycles. The normalized spacial score (nSPS) is 14.9. The highest BCUT2D eigenvalue weighted by molar-refractivity contribution is 14.1. The molecule has 3 rings (SSSR count). The fourth-order valence-electron chi connectivity index (χ4n) is 3.32. The van der Waals surface area contributed by atoms with E-state index in [1.54, 1.807) is 24.3 Å². The van der Waals surface area contributed by atoms with Crippen molar-refractivity contribution in [1.82, 2.24) is 5.32 Å². The van der Waals surface area contributed by atoms with Gasteiger partial charge in [-0.1, -0.05) is 36.4 Å². The van der Waals surface area contributed by atoms with Crippen LogP contribution < -0.4 is 5.32 Å². The first-order valence-corrected chi connectivity index (χ1v) is 11.1. The molecule has 1 aliphatic rings. The number of nitrogens with one attached hydrogen (secondary N) is 1. The van der Waals surface area contributed by atoms with Crippen molar-refractivity contribution in [1.29, 1.82) is 0 Å². The Morgan fingerprint density at radius 3 is 2.40 bits per heavy atom. The van der Waals surface area contributed by atoms with Crippen LogP contribution in [0, 0.1) is 16.4 Å². The van der Waals surface area contributed by atoms with Crippen molar-refractivity contribution in [3.05, 3.63) is 85.0 Å². The van der Waals surface area contributed by atoms with Crippen molar-refractivity contribution in [2.75, 3.05) is 0 Å². The number of hydrogen-bond acceptors (Lipinski definition) is 2. The molecule has 0 saturated heterocycles. The topological polar surface area (TPSA) is 66.4 Å². The molecule has 1 amide bonds. The lowest BCUT2D eigenvalue weighted by atomic mass is 9.98. The van der Waals surface area contributed by atoms with Crippen molar-refractivity contribution < 1.29 is 14.7 Å². The van der Waals surface area contributed by atoms with Gasteiger partial charge in [0.15, 0.2) is 0 Å². The molecule has 156 valence electrons. The second-order valence-corrected chi connectivity index (χ2v) is 9.13. The first kappa shape index (κ1) is 22.6. The Kier molecular flexibility index (Phi) is 7.03. The highest BCUT2D eigenvalue weighted by Crippen LogP contribution is 2.41. The quantitative estimate of drug-likeness (QED) is 0.253. The average molecular weight is 536 g/mol. The van der Waals surface area contributed by atoms with Crippen LogP contribution in [-0.4, -0.2) is 17.0 Å². The SMILES string of the molecule is C=C(C)/C(=C\c1c(C)ccc(Cl)c1I)C(=O)NC(c1ccc(C(=O)O)cc1)C1CC1. The second-order valence-electron chi connectivity index (χ2n) is 7.65. The molecule has 0 aliphatic heterocycles. The van der Waals surface area contributed by atoms with Gasteiger partial charge in [0.25, 0.3) is 5.91 Å². The predicted octanol–water partition coefficient (Wildman–Crippen LogP) is 6.18. The molecule has 0 radical (unpaired) electrons. The monoisotopic (exact) mass is 535 g/mol. The lowest BCUT2D eigenvalue weighted by Crippen LogP contribution is -2.31. The summed E-state index contributed by atoms with van der Waals surface area (Å²) in [6.07, 6.45) is 3.91. The van der Waals surface area contributed by atoms with E-state index in [0.29, 0.717) is 22.1 Å². The predicted molar refractivity (Wildman–Crippen MR) is 129 cm³/mol. The first-order chi connectivity index (χ1) is 14.2. The number of aromatic carboxylic acids is 1. The van der Waals surface area contributed by atoms with Gasteiger partial charge >= 0.3 is 5.97 Å². The van der Waals surface area contributed by atoms with Crippen molar-refractivity contribution in [2.24, 2.45) is 5.92 Å². The van der Waals surface area contributed by atoms with E-state index in [1.807, 2.05) is 32.1 Å². The average Bonchev–Trinajstić information content (AvgIpc) is 3.54. The van der Waals surface area contributed by atoms with Crippen molar-refractivity contribution in [3.63, 3.8) is 0 Å². The van der Waals surface area contributed by atoms with Crippen LogP contribution in [0.15, 0.2) is 54.1 Å². The minimum atomic E-state index is -0.965. The van der Waals surface area contributed by atoms with Crippen LogP contribution in [0.25, 0.3) is 6.08 Å². The Morgan fingerprint density at radius 1 is 1.23 bits per heavy atom. The molecule has 1 atom stereocenters. The summed E-state index contributed by atoms with van der Waals surface area (Å²) in [5, 5.41) is 12.9. The van der Waals surface area contributed by atoms with Crippen molar-refractivity contribution in [3.8, 4) is 0 Å². The molecular formula is C24H23ClINO3. The van der Waals surface area contributed by atoms with Crippen molar-refractivity contribution >= 4 is 52.1 Å². The van der Waals surface area contributed by atoms with E-state index >= 15 is 0 Å². The van der Waals surface area contributed by atoms with E-state index in [4.69, 9.17) is 16.7 Å².